The van der Waals surface area contributed by atoms with E-state index in [1.807, 2.05) is 0 Å². The van der Waals surface area contributed by atoms with Gasteiger partial charge in [0.25, 0.3) is 0 Å². The number of nitrogens with zero attached hydrogens (tertiary/aromatic N) is 1. The number of aromatic nitrogens is 1. The molecular formula is C11H6BrF2NO. The Kier molecular flexibility index (Phi) is 3.14. The van der Waals surface area contributed by atoms with Crippen LogP contribution < -0.4 is 4.74 Å². The van der Waals surface area contributed by atoms with Crippen molar-refractivity contribution in [3.05, 3.63) is 52.6 Å². The largest absolute Gasteiger partial charge is 0.439 e. The summed E-state index contributed by atoms with van der Waals surface area (Å²) in [6, 6.07) is 6.27. The van der Waals surface area contributed by atoms with Gasteiger partial charge in [-0.15, -0.1) is 0 Å². The Morgan fingerprint density at radius 1 is 1.06 bits per heavy atom. The number of rotatable bonds is 2. The molecule has 1 aromatic heterocycles. The van der Waals surface area contributed by atoms with Gasteiger partial charge < -0.3 is 4.74 Å². The van der Waals surface area contributed by atoms with Crippen molar-refractivity contribution in [1.29, 1.82) is 0 Å². The van der Waals surface area contributed by atoms with Crippen LogP contribution in [0.3, 0.4) is 0 Å². The highest BCUT2D eigenvalue weighted by molar-refractivity contribution is 9.10. The highest BCUT2D eigenvalue weighted by Gasteiger charge is 2.03. The van der Waals surface area contributed by atoms with Gasteiger partial charge in [0.1, 0.15) is 17.4 Å². The van der Waals surface area contributed by atoms with Crippen LogP contribution in [0.25, 0.3) is 0 Å². The predicted molar refractivity (Wildman–Crippen MR) is 58.4 cm³/mol. The molecule has 82 valence electrons. The van der Waals surface area contributed by atoms with Crippen molar-refractivity contribution in [2.75, 3.05) is 0 Å². The van der Waals surface area contributed by atoms with Crippen LogP contribution in [-0.2, 0) is 0 Å². The lowest BCUT2D eigenvalue weighted by Crippen LogP contribution is -1.89. The molecule has 1 aromatic carbocycles. The van der Waals surface area contributed by atoms with E-state index in [0.29, 0.717) is 0 Å². The van der Waals surface area contributed by atoms with E-state index in [2.05, 4.69) is 20.9 Å². The fourth-order valence-corrected chi connectivity index (χ4v) is 1.37. The number of hydrogen-bond donors (Lipinski definition) is 0. The number of hydrogen-bond acceptors (Lipinski definition) is 2. The Bertz CT molecular complexity index is 482. The summed E-state index contributed by atoms with van der Waals surface area (Å²) in [5.41, 5.74) is 0. The van der Waals surface area contributed by atoms with E-state index < -0.39 is 11.6 Å². The molecule has 5 heteroatoms. The summed E-state index contributed by atoms with van der Waals surface area (Å²) in [6.45, 7) is 0. The van der Waals surface area contributed by atoms with Crippen LogP contribution >= 0.6 is 15.9 Å². The molecule has 0 aliphatic rings. The first-order valence-electron chi connectivity index (χ1n) is 4.39. The lowest BCUT2D eigenvalue weighted by Gasteiger charge is -2.04. The molecule has 0 aliphatic heterocycles. The summed E-state index contributed by atoms with van der Waals surface area (Å²) < 4.78 is 31.7. The molecule has 2 nitrogen and oxygen atoms in total. The van der Waals surface area contributed by atoms with Crippen molar-refractivity contribution in [3.8, 4) is 11.6 Å². The summed E-state index contributed by atoms with van der Waals surface area (Å²) in [5, 5.41) is 0. The molecule has 0 spiro atoms. The molecule has 0 atom stereocenters. The molecule has 0 aliphatic carbocycles. The van der Waals surface area contributed by atoms with Crippen LogP contribution in [0.1, 0.15) is 0 Å². The molecule has 2 aromatic rings. The minimum absolute atomic E-state index is 0.0762. The van der Waals surface area contributed by atoms with Crippen LogP contribution in [0.15, 0.2) is 41.0 Å². The zero-order valence-corrected chi connectivity index (χ0v) is 9.54. The highest BCUT2D eigenvalue weighted by Crippen LogP contribution is 2.22. The molecule has 0 N–H and O–H groups in total. The molecule has 0 fully saturated rings. The third-order valence-corrected chi connectivity index (χ3v) is 2.23. The molecule has 0 bridgehead atoms. The Balaban J connectivity index is 2.23. The molecule has 2 rings (SSSR count). The molecule has 0 saturated carbocycles. The maximum Gasteiger partial charge on any atom is 0.219 e. The smallest absolute Gasteiger partial charge is 0.219 e. The zero-order chi connectivity index (χ0) is 11.5. The molecular weight excluding hydrogens is 280 g/mol. The minimum atomic E-state index is -0.688. The second kappa shape index (κ2) is 4.57. The van der Waals surface area contributed by atoms with E-state index in [1.165, 1.54) is 6.20 Å². The fraction of sp³-hybridized carbons (Fsp3) is 0. The van der Waals surface area contributed by atoms with Gasteiger partial charge in [-0.2, -0.15) is 0 Å². The second-order valence-electron chi connectivity index (χ2n) is 3.02. The van der Waals surface area contributed by atoms with Crippen molar-refractivity contribution < 1.29 is 13.5 Å². The first kappa shape index (κ1) is 11.0. The average Bonchev–Trinajstić information content (AvgIpc) is 2.20. The normalized spacial score (nSPS) is 10.2. The van der Waals surface area contributed by atoms with Gasteiger partial charge in [0, 0.05) is 34.9 Å². The van der Waals surface area contributed by atoms with Gasteiger partial charge in [-0.3, -0.25) is 0 Å². The lowest BCUT2D eigenvalue weighted by atomic mass is 10.3. The first-order valence-corrected chi connectivity index (χ1v) is 5.18. The van der Waals surface area contributed by atoms with Gasteiger partial charge in [0.2, 0.25) is 5.88 Å². The molecule has 0 saturated heterocycles. The van der Waals surface area contributed by atoms with Crippen LogP contribution in [0.2, 0.25) is 0 Å². The number of ether oxygens (including phenoxy) is 1. The average molecular weight is 286 g/mol. The van der Waals surface area contributed by atoms with Gasteiger partial charge in [0.15, 0.2) is 0 Å². The quantitative estimate of drug-likeness (QED) is 0.835. The Morgan fingerprint density at radius 3 is 2.31 bits per heavy atom. The van der Waals surface area contributed by atoms with Crippen LogP contribution in [0.4, 0.5) is 8.78 Å². The molecule has 0 amide bonds. The fourth-order valence-electron chi connectivity index (χ4n) is 1.13. The third-order valence-electron chi connectivity index (χ3n) is 1.76. The van der Waals surface area contributed by atoms with E-state index in [0.717, 1.165) is 22.7 Å². The maximum atomic E-state index is 12.8. The third kappa shape index (κ3) is 2.76. The zero-order valence-electron chi connectivity index (χ0n) is 7.95. The molecule has 0 unspecified atom stereocenters. The Labute approximate surface area is 99.0 Å². The second-order valence-corrected chi connectivity index (χ2v) is 3.94. The summed E-state index contributed by atoms with van der Waals surface area (Å²) in [4.78, 5) is 3.92. The Morgan fingerprint density at radius 2 is 1.75 bits per heavy atom. The van der Waals surface area contributed by atoms with Gasteiger partial charge in [-0.05, 0) is 22.0 Å². The highest BCUT2D eigenvalue weighted by atomic mass is 79.9. The van der Waals surface area contributed by atoms with Crippen LogP contribution in [0.5, 0.6) is 11.6 Å². The van der Waals surface area contributed by atoms with Crippen LogP contribution in [0, 0.1) is 11.6 Å². The molecule has 16 heavy (non-hydrogen) atoms. The van der Waals surface area contributed by atoms with Gasteiger partial charge >= 0.3 is 0 Å². The maximum absolute atomic E-state index is 12.8. The van der Waals surface area contributed by atoms with E-state index in [-0.39, 0.29) is 11.6 Å². The number of pyridine rings is 1. The predicted octanol–water partition coefficient (Wildman–Crippen LogP) is 3.91. The molecule has 0 radical (unpaired) electrons. The topological polar surface area (TPSA) is 22.1 Å². The van der Waals surface area contributed by atoms with Crippen LogP contribution in [-0.4, -0.2) is 4.98 Å². The lowest BCUT2D eigenvalue weighted by molar-refractivity contribution is 0.451. The summed E-state index contributed by atoms with van der Waals surface area (Å²) in [7, 11) is 0. The monoisotopic (exact) mass is 285 g/mol. The van der Waals surface area contributed by atoms with E-state index in [4.69, 9.17) is 4.74 Å². The van der Waals surface area contributed by atoms with Crippen molar-refractivity contribution in [2.24, 2.45) is 0 Å². The van der Waals surface area contributed by atoms with Gasteiger partial charge in [0.05, 0.1) is 0 Å². The first-order chi connectivity index (χ1) is 7.63. The summed E-state index contributed by atoms with van der Waals surface area (Å²) in [6.07, 6.45) is 1.53. The number of halogens is 3. The van der Waals surface area contributed by atoms with Crippen molar-refractivity contribution >= 4 is 15.9 Å². The van der Waals surface area contributed by atoms with E-state index in [9.17, 15) is 8.78 Å². The van der Waals surface area contributed by atoms with E-state index >= 15 is 0 Å². The standard InChI is InChI=1S/C11H6BrF2NO/c12-7-1-2-11(15-6-7)16-10-4-8(13)3-9(14)5-10/h1-6H. The van der Waals surface area contributed by atoms with Gasteiger partial charge in [-0.25, -0.2) is 13.8 Å². The Hall–Kier alpha value is -1.49. The van der Waals surface area contributed by atoms with E-state index in [1.54, 1.807) is 12.1 Å². The number of benzene rings is 1. The van der Waals surface area contributed by atoms with Crippen molar-refractivity contribution in [1.82, 2.24) is 4.98 Å². The SMILES string of the molecule is Fc1cc(F)cc(Oc2ccc(Br)cn2)c1. The van der Waals surface area contributed by atoms with Gasteiger partial charge in [-0.1, -0.05) is 0 Å². The molecule has 1 heterocycles. The summed E-state index contributed by atoms with van der Waals surface area (Å²) in [5.74, 6) is -1.03. The van der Waals surface area contributed by atoms with Crippen molar-refractivity contribution in [2.45, 2.75) is 0 Å². The van der Waals surface area contributed by atoms with Crippen molar-refractivity contribution in [3.63, 3.8) is 0 Å². The summed E-state index contributed by atoms with van der Waals surface area (Å²) >= 11 is 3.22. The minimum Gasteiger partial charge on any atom is -0.439 e.